The first kappa shape index (κ1) is 19.1. The number of para-hydroxylation sites is 1. The van der Waals surface area contributed by atoms with Crippen LogP contribution in [0.3, 0.4) is 0 Å². The minimum absolute atomic E-state index is 0.131. The number of rotatable bonds is 7. The molecule has 0 aliphatic carbocycles. The monoisotopic (exact) mass is 361 g/mol. The number of benzene rings is 2. The lowest BCUT2D eigenvalue weighted by molar-refractivity contribution is -0.692. The number of quaternary nitrogens is 1. The summed E-state index contributed by atoms with van der Waals surface area (Å²) in [7, 11) is -3.39. The van der Waals surface area contributed by atoms with Crippen molar-refractivity contribution in [3.05, 3.63) is 60.2 Å². The molecule has 0 fully saturated rings. The van der Waals surface area contributed by atoms with Crippen LogP contribution >= 0.6 is 0 Å². The minimum Gasteiger partial charge on any atom is -0.332 e. The van der Waals surface area contributed by atoms with Gasteiger partial charge in [-0.05, 0) is 12.1 Å². The summed E-state index contributed by atoms with van der Waals surface area (Å²) in [4.78, 5) is 12.4. The van der Waals surface area contributed by atoms with Crippen LogP contribution in [0.4, 0.5) is 5.69 Å². The molecule has 0 saturated heterocycles. The van der Waals surface area contributed by atoms with Crippen LogP contribution in [0.2, 0.25) is 0 Å². The third-order valence-corrected chi connectivity index (χ3v) is 5.18. The normalized spacial score (nSPS) is 12.8. The summed E-state index contributed by atoms with van der Waals surface area (Å²) in [6, 6.07) is 16.7. The van der Waals surface area contributed by atoms with E-state index < -0.39 is 9.84 Å². The lowest BCUT2D eigenvalue weighted by atomic mass is 9.96. The van der Waals surface area contributed by atoms with E-state index in [1.807, 2.05) is 23.5 Å². The summed E-state index contributed by atoms with van der Waals surface area (Å²) in [5.74, 6) is 0.135. The third-order valence-electron chi connectivity index (χ3n) is 4.02. The van der Waals surface area contributed by atoms with Gasteiger partial charge in [-0.3, -0.25) is 4.79 Å². The van der Waals surface area contributed by atoms with Gasteiger partial charge in [-0.1, -0.05) is 56.3 Å². The van der Waals surface area contributed by atoms with Crippen LogP contribution in [0.25, 0.3) is 0 Å². The Labute approximate surface area is 149 Å². The van der Waals surface area contributed by atoms with Gasteiger partial charge in [-0.2, -0.15) is 0 Å². The van der Waals surface area contributed by atoms with E-state index in [9.17, 15) is 13.2 Å². The van der Waals surface area contributed by atoms with E-state index in [0.29, 0.717) is 11.6 Å². The first-order valence-corrected chi connectivity index (χ1v) is 10.2. The lowest BCUT2D eigenvalue weighted by Crippen LogP contribution is -2.88. The second-order valence-corrected chi connectivity index (χ2v) is 8.42. The van der Waals surface area contributed by atoms with Gasteiger partial charge in [0.15, 0.2) is 16.4 Å². The zero-order chi connectivity index (χ0) is 18.4. The molecule has 2 aromatic rings. The van der Waals surface area contributed by atoms with Crippen molar-refractivity contribution in [2.24, 2.45) is 5.92 Å². The zero-order valence-electron chi connectivity index (χ0n) is 14.8. The lowest BCUT2D eigenvalue weighted by Gasteiger charge is -2.19. The fourth-order valence-electron chi connectivity index (χ4n) is 2.80. The molecule has 3 N–H and O–H groups in total. The average Bonchev–Trinajstić information content (AvgIpc) is 2.55. The van der Waals surface area contributed by atoms with Crippen LogP contribution in [-0.2, 0) is 14.6 Å². The van der Waals surface area contributed by atoms with Crippen LogP contribution in [0.15, 0.2) is 59.5 Å². The van der Waals surface area contributed by atoms with Gasteiger partial charge < -0.3 is 10.6 Å². The molecule has 0 spiro atoms. The second kappa shape index (κ2) is 8.27. The van der Waals surface area contributed by atoms with E-state index in [4.69, 9.17) is 0 Å². The van der Waals surface area contributed by atoms with Gasteiger partial charge in [0.1, 0.15) is 6.04 Å². The Kier molecular flexibility index (Phi) is 6.33. The maximum atomic E-state index is 12.3. The number of nitrogens with two attached hydrogens (primary N) is 1. The number of sulfone groups is 1. The molecular formula is C19H25N2O3S+. The van der Waals surface area contributed by atoms with Crippen molar-refractivity contribution in [3.63, 3.8) is 0 Å². The van der Waals surface area contributed by atoms with Gasteiger partial charge in [0, 0.05) is 17.7 Å². The molecule has 0 heterocycles. The second-order valence-electron chi connectivity index (χ2n) is 6.44. The molecule has 0 aliphatic rings. The van der Waals surface area contributed by atoms with Crippen molar-refractivity contribution in [2.75, 3.05) is 18.1 Å². The Morgan fingerprint density at radius 2 is 1.64 bits per heavy atom. The Morgan fingerprint density at radius 1 is 1.04 bits per heavy atom. The molecule has 1 amide bonds. The molecule has 0 unspecified atom stereocenters. The molecule has 1 atom stereocenters. The molecule has 0 aromatic heterocycles. The summed E-state index contributed by atoms with van der Waals surface area (Å²) in [6.07, 6.45) is 1.13. The van der Waals surface area contributed by atoms with Crippen molar-refractivity contribution in [1.82, 2.24) is 0 Å². The van der Waals surface area contributed by atoms with E-state index in [0.717, 1.165) is 6.26 Å². The van der Waals surface area contributed by atoms with Gasteiger partial charge in [0.05, 0.1) is 10.6 Å². The van der Waals surface area contributed by atoms with Gasteiger partial charge >= 0.3 is 0 Å². The number of amides is 1. The van der Waals surface area contributed by atoms with E-state index in [-0.39, 0.29) is 23.4 Å². The molecule has 6 heteroatoms. The molecule has 5 nitrogen and oxygen atoms in total. The minimum atomic E-state index is -3.39. The van der Waals surface area contributed by atoms with Crippen LogP contribution in [-0.4, -0.2) is 27.1 Å². The van der Waals surface area contributed by atoms with Gasteiger partial charge in [-0.25, -0.2) is 8.42 Å². The third kappa shape index (κ3) is 5.41. The van der Waals surface area contributed by atoms with E-state index >= 15 is 0 Å². The van der Waals surface area contributed by atoms with Gasteiger partial charge in [0.25, 0.3) is 5.91 Å². The number of hydrogen-bond donors (Lipinski definition) is 2. The number of carbonyl (C=O) groups is 1. The van der Waals surface area contributed by atoms with E-state index in [1.165, 1.54) is 11.6 Å². The topological polar surface area (TPSA) is 79.8 Å². The summed E-state index contributed by atoms with van der Waals surface area (Å²) in [6.45, 7) is 4.45. The Morgan fingerprint density at radius 3 is 2.24 bits per heavy atom. The van der Waals surface area contributed by atoms with Crippen LogP contribution in [0, 0.1) is 5.92 Å². The fourth-order valence-corrected chi connectivity index (χ4v) is 3.64. The summed E-state index contributed by atoms with van der Waals surface area (Å²) < 4.78 is 23.6. The zero-order valence-corrected chi connectivity index (χ0v) is 15.6. The van der Waals surface area contributed by atoms with Crippen LogP contribution in [0.5, 0.6) is 0 Å². The maximum absolute atomic E-state index is 12.3. The predicted molar refractivity (Wildman–Crippen MR) is 99.0 cm³/mol. The standard InChI is InChI=1S/C19H24N2O3S/c1-14(2)19(15-9-5-4-6-10-15)20-13-18(22)21-16-11-7-8-12-17(16)25(3,23)24/h4-12,14,19-20H,13H2,1-3H3,(H,21,22)/p+1/t19-/m1/s1. The van der Waals surface area contributed by atoms with E-state index in [1.54, 1.807) is 18.2 Å². The number of carbonyl (C=O) groups excluding carboxylic acids is 1. The van der Waals surface area contributed by atoms with Crippen molar-refractivity contribution in [2.45, 2.75) is 24.8 Å². The molecule has 25 heavy (non-hydrogen) atoms. The molecule has 134 valence electrons. The first-order valence-electron chi connectivity index (χ1n) is 8.26. The van der Waals surface area contributed by atoms with Gasteiger partial charge in [0.2, 0.25) is 0 Å². The molecule has 2 aromatic carbocycles. The molecule has 0 aliphatic heterocycles. The highest BCUT2D eigenvalue weighted by Gasteiger charge is 2.21. The SMILES string of the molecule is CC(C)[C@@H]([NH2+]CC(=O)Nc1ccccc1S(C)(=O)=O)c1ccccc1. The summed E-state index contributed by atoms with van der Waals surface area (Å²) in [5, 5.41) is 4.70. The van der Waals surface area contributed by atoms with Crippen molar-refractivity contribution in [1.29, 1.82) is 0 Å². The number of nitrogens with one attached hydrogen (secondary N) is 1. The maximum Gasteiger partial charge on any atom is 0.279 e. The van der Waals surface area contributed by atoms with Crippen LogP contribution < -0.4 is 10.6 Å². The van der Waals surface area contributed by atoms with E-state index in [2.05, 4.69) is 31.3 Å². The average molecular weight is 361 g/mol. The van der Waals surface area contributed by atoms with Crippen molar-refractivity contribution in [3.8, 4) is 0 Å². The smallest absolute Gasteiger partial charge is 0.279 e. The summed E-state index contributed by atoms with van der Waals surface area (Å²) in [5.41, 5.74) is 1.49. The number of anilines is 1. The van der Waals surface area contributed by atoms with Crippen molar-refractivity contribution >= 4 is 21.4 Å². The molecule has 2 rings (SSSR count). The number of hydrogen-bond acceptors (Lipinski definition) is 3. The van der Waals surface area contributed by atoms with Crippen LogP contribution in [0.1, 0.15) is 25.5 Å². The first-order chi connectivity index (χ1) is 11.8. The molecule has 0 saturated carbocycles. The van der Waals surface area contributed by atoms with Crippen molar-refractivity contribution < 1.29 is 18.5 Å². The highest BCUT2D eigenvalue weighted by atomic mass is 32.2. The summed E-state index contributed by atoms with van der Waals surface area (Å²) >= 11 is 0. The quantitative estimate of drug-likeness (QED) is 0.791. The van der Waals surface area contributed by atoms with Gasteiger partial charge in [-0.15, -0.1) is 0 Å². The molecule has 0 radical (unpaired) electrons. The predicted octanol–water partition coefficient (Wildman–Crippen LogP) is 1.99. The fraction of sp³-hybridized carbons (Fsp3) is 0.316. The Balaban J connectivity index is 2.06. The Bertz CT molecular complexity index is 818. The highest BCUT2D eigenvalue weighted by molar-refractivity contribution is 7.90. The highest BCUT2D eigenvalue weighted by Crippen LogP contribution is 2.20. The molecule has 0 bridgehead atoms. The Hall–Kier alpha value is -2.18. The largest absolute Gasteiger partial charge is 0.332 e. The molecular weight excluding hydrogens is 336 g/mol.